The van der Waals surface area contributed by atoms with Gasteiger partial charge in [0, 0.05) is 5.56 Å². The Hall–Kier alpha value is -2.54. The highest BCUT2D eigenvalue weighted by Gasteiger charge is 2.33. The van der Waals surface area contributed by atoms with Crippen LogP contribution in [0.25, 0.3) is 0 Å². The second-order valence-corrected chi connectivity index (χ2v) is 7.92. The lowest BCUT2D eigenvalue weighted by atomic mass is 9.78. The summed E-state index contributed by atoms with van der Waals surface area (Å²) in [4.78, 5) is 0. The van der Waals surface area contributed by atoms with Crippen molar-refractivity contribution in [3.05, 3.63) is 82.7 Å². The molecule has 2 aromatic carbocycles. The van der Waals surface area contributed by atoms with Crippen LogP contribution in [0.1, 0.15) is 67.2 Å². The van der Waals surface area contributed by atoms with Crippen LogP contribution in [0.3, 0.4) is 0 Å². The van der Waals surface area contributed by atoms with Crippen molar-refractivity contribution in [3.63, 3.8) is 0 Å². The highest BCUT2D eigenvalue weighted by molar-refractivity contribution is 5.40. The van der Waals surface area contributed by atoms with Gasteiger partial charge in [-0.05, 0) is 79.3 Å². The molecule has 0 aliphatic heterocycles. The van der Waals surface area contributed by atoms with Gasteiger partial charge in [-0.25, -0.2) is 4.39 Å². The number of alkyl halides is 3. The zero-order chi connectivity index (χ0) is 21.6. The van der Waals surface area contributed by atoms with Gasteiger partial charge in [-0.1, -0.05) is 55.5 Å². The average molecular weight is 414 g/mol. The lowest BCUT2D eigenvalue weighted by Crippen LogP contribution is -2.11. The third-order valence-electron chi connectivity index (χ3n) is 5.70. The summed E-state index contributed by atoms with van der Waals surface area (Å²) in [6.07, 6.45) is 5.86. The monoisotopic (exact) mass is 414 g/mol. The van der Waals surface area contributed by atoms with Crippen molar-refractivity contribution < 1.29 is 17.6 Å². The normalized spacial score (nSPS) is 19.5. The summed E-state index contributed by atoms with van der Waals surface area (Å²) in [5.74, 6) is 5.30. The van der Waals surface area contributed by atoms with Gasteiger partial charge in [0.05, 0.1) is 5.56 Å². The van der Waals surface area contributed by atoms with Gasteiger partial charge >= 0.3 is 6.18 Å². The fraction of sp³-hybridized carbons (Fsp3) is 0.385. The second-order valence-electron chi connectivity index (χ2n) is 7.92. The molecule has 158 valence electrons. The maximum absolute atomic E-state index is 13.6. The van der Waals surface area contributed by atoms with E-state index in [0.29, 0.717) is 11.8 Å². The molecule has 0 bridgehead atoms. The number of benzene rings is 2. The minimum atomic E-state index is -4.69. The summed E-state index contributed by atoms with van der Waals surface area (Å²) < 4.78 is 51.3. The molecule has 30 heavy (non-hydrogen) atoms. The van der Waals surface area contributed by atoms with E-state index in [-0.39, 0.29) is 5.56 Å². The third-order valence-corrected chi connectivity index (χ3v) is 5.70. The molecular weight excluding hydrogens is 388 g/mol. The van der Waals surface area contributed by atoms with Crippen LogP contribution in [0.4, 0.5) is 17.6 Å². The van der Waals surface area contributed by atoms with Crippen LogP contribution >= 0.6 is 0 Å². The molecule has 4 heteroatoms. The standard InChI is InChI=1S/C26H26F4/c1-2-5-19-8-13-22(14-9-19)23-15-10-20(11-16-23)6-3-4-7-21-12-17-24(25(27)18-21)26(28,29)30/h3,6,8-9,12-14,17-18,20,23H,2,5,10-11,15-16H2,1H3/b6-3+. The quantitative estimate of drug-likeness (QED) is 0.355. The number of aryl methyl sites for hydroxylation is 1. The molecule has 1 saturated carbocycles. The van der Waals surface area contributed by atoms with Crippen molar-refractivity contribution in [2.45, 2.75) is 57.5 Å². The Labute approximate surface area is 176 Å². The van der Waals surface area contributed by atoms with Crippen LogP contribution in [0.15, 0.2) is 54.6 Å². The molecule has 0 saturated heterocycles. The highest BCUT2D eigenvalue weighted by Crippen LogP contribution is 2.36. The van der Waals surface area contributed by atoms with Crippen molar-refractivity contribution in [2.24, 2.45) is 5.92 Å². The van der Waals surface area contributed by atoms with Crippen LogP contribution in [-0.4, -0.2) is 0 Å². The van der Waals surface area contributed by atoms with Gasteiger partial charge in [0.15, 0.2) is 0 Å². The van der Waals surface area contributed by atoms with Gasteiger partial charge in [-0.15, -0.1) is 0 Å². The number of hydrogen-bond donors (Lipinski definition) is 0. The Morgan fingerprint density at radius 2 is 1.70 bits per heavy atom. The van der Waals surface area contributed by atoms with Gasteiger partial charge in [0.2, 0.25) is 0 Å². The number of rotatable bonds is 4. The topological polar surface area (TPSA) is 0 Å². The summed E-state index contributed by atoms with van der Waals surface area (Å²) in [6.45, 7) is 2.19. The maximum atomic E-state index is 13.6. The number of allylic oxidation sites excluding steroid dienone is 2. The Morgan fingerprint density at radius 3 is 2.30 bits per heavy atom. The summed E-state index contributed by atoms with van der Waals surface area (Å²) in [5.41, 5.74) is 1.78. The van der Waals surface area contributed by atoms with Gasteiger partial charge < -0.3 is 0 Å². The summed E-state index contributed by atoms with van der Waals surface area (Å²) in [5, 5.41) is 0. The first-order valence-electron chi connectivity index (χ1n) is 10.5. The summed E-state index contributed by atoms with van der Waals surface area (Å²) >= 11 is 0. The molecule has 0 spiro atoms. The van der Waals surface area contributed by atoms with E-state index in [4.69, 9.17) is 0 Å². The van der Waals surface area contributed by atoms with Crippen molar-refractivity contribution in [3.8, 4) is 11.8 Å². The van der Waals surface area contributed by atoms with E-state index in [1.54, 1.807) is 6.08 Å². The Morgan fingerprint density at radius 1 is 1.00 bits per heavy atom. The Balaban J connectivity index is 1.51. The van der Waals surface area contributed by atoms with E-state index < -0.39 is 17.6 Å². The SMILES string of the molecule is CCCc1ccc(C2CCC(/C=C/C#Cc3ccc(C(F)(F)F)c(F)c3)CC2)cc1. The fourth-order valence-electron chi connectivity index (χ4n) is 4.02. The van der Waals surface area contributed by atoms with E-state index in [1.807, 2.05) is 0 Å². The van der Waals surface area contributed by atoms with Gasteiger partial charge in [-0.2, -0.15) is 13.2 Å². The molecule has 2 aromatic rings. The van der Waals surface area contributed by atoms with Gasteiger partial charge in [0.25, 0.3) is 0 Å². The summed E-state index contributed by atoms with van der Waals surface area (Å²) in [7, 11) is 0. The van der Waals surface area contributed by atoms with Crippen LogP contribution in [0.5, 0.6) is 0 Å². The van der Waals surface area contributed by atoms with Crippen LogP contribution in [0, 0.1) is 23.6 Å². The van der Waals surface area contributed by atoms with E-state index in [2.05, 4.69) is 49.1 Å². The fourth-order valence-corrected chi connectivity index (χ4v) is 4.02. The van der Waals surface area contributed by atoms with E-state index >= 15 is 0 Å². The maximum Gasteiger partial charge on any atom is 0.419 e. The molecule has 1 fully saturated rings. The molecule has 0 heterocycles. The predicted octanol–water partition coefficient (Wildman–Crippen LogP) is 7.68. The molecule has 3 rings (SSSR count). The van der Waals surface area contributed by atoms with Crippen molar-refractivity contribution in [1.29, 1.82) is 0 Å². The molecule has 0 amide bonds. The first-order valence-corrected chi connectivity index (χ1v) is 10.5. The lowest BCUT2D eigenvalue weighted by molar-refractivity contribution is -0.140. The second kappa shape index (κ2) is 9.98. The zero-order valence-electron chi connectivity index (χ0n) is 17.1. The molecule has 0 unspecified atom stereocenters. The molecule has 0 atom stereocenters. The van der Waals surface area contributed by atoms with E-state index in [1.165, 1.54) is 17.2 Å². The molecular formula is C26H26F4. The van der Waals surface area contributed by atoms with Gasteiger partial charge in [0.1, 0.15) is 5.82 Å². The first kappa shape index (κ1) is 22.2. The molecule has 0 radical (unpaired) electrons. The molecule has 1 aliphatic carbocycles. The van der Waals surface area contributed by atoms with Gasteiger partial charge in [-0.3, -0.25) is 0 Å². The minimum Gasteiger partial charge on any atom is -0.206 e. The third kappa shape index (κ3) is 5.98. The summed E-state index contributed by atoms with van der Waals surface area (Å²) in [6, 6.07) is 11.8. The Kier molecular flexibility index (Phi) is 7.37. The lowest BCUT2D eigenvalue weighted by Gasteiger charge is -2.27. The first-order chi connectivity index (χ1) is 14.4. The average Bonchev–Trinajstić information content (AvgIpc) is 2.72. The van der Waals surface area contributed by atoms with Crippen LogP contribution < -0.4 is 0 Å². The minimum absolute atomic E-state index is 0.236. The molecule has 0 aromatic heterocycles. The van der Waals surface area contributed by atoms with E-state index in [0.717, 1.165) is 50.7 Å². The molecule has 0 nitrogen and oxygen atoms in total. The smallest absolute Gasteiger partial charge is 0.206 e. The number of halogens is 4. The predicted molar refractivity (Wildman–Crippen MR) is 113 cm³/mol. The Bertz CT molecular complexity index is 918. The molecule has 1 aliphatic rings. The van der Waals surface area contributed by atoms with Crippen molar-refractivity contribution in [2.75, 3.05) is 0 Å². The van der Waals surface area contributed by atoms with Crippen molar-refractivity contribution in [1.82, 2.24) is 0 Å². The van der Waals surface area contributed by atoms with Crippen molar-refractivity contribution >= 4 is 0 Å². The number of hydrogen-bond acceptors (Lipinski definition) is 0. The molecule has 0 N–H and O–H groups in total. The van der Waals surface area contributed by atoms with Crippen LogP contribution in [-0.2, 0) is 12.6 Å². The largest absolute Gasteiger partial charge is 0.419 e. The zero-order valence-corrected chi connectivity index (χ0v) is 17.1. The van der Waals surface area contributed by atoms with Crippen LogP contribution in [0.2, 0.25) is 0 Å². The highest BCUT2D eigenvalue weighted by atomic mass is 19.4. The van der Waals surface area contributed by atoms with E-state index in [9.17, 15) is 17.6 Å².